The molecule has 0 unspecified atom stereocenters. The number of ether oxygens (including phenoxy) is 1. The van der Waals surface area contributed by atoms with Gasteiger partial charge in [0.1, 0.15) is 16.6 Å². The Labute approximate surface area is 181 Å². The van der Waals surface area contributed by atoms with E-state index in [0.29, 0.717) is 41.2 Å². The fraction of sp³-hybridized carbons (Fsp3) is 0.450. The zero-order valence-electron chi connectivity index (χ0n) is 16.3. The van der Waals surface area contributed by atoms with Crippen molar-refractivity contribution in [3.8, 4) is 5.75 Å². The van der Waals surface area contributed by atoms with E-state index in [9.17, 15) is 13.2 Å². The van der Waals surface area contributed by atoms with Gasteiger partial charge in [-0.25, -0.2) is 8.42 Å². The Bertz CT molecular complexity index is 939. The van der Waals surface area contributed by atoms with Gasteiger partial charge in [-0.15, -0.1) is 11.3 Å². The number of benzene rings is 1. The molecule has 29 heavy (non-hydrogen) atoms. The first-order chi connectivity index (χ1) is 13.9. The van der Waals surface area contributed by atoms with Gasteiger partial charge in [0.05, 0.1) is 13.0 Å². The van der Waals surface area contributed by atoms with Crippen LogP contribution in [-0.4, -0.2) is 56.8 Å². The zero-order chi connectivity index (χ0) is 20.9. The lowest BCUT2D eigenvalue weighted by molar-refractivity contribution is -0.129. The standard InChI is InChI=1S/C20H25ClN2O4S2/c1-22(12-13-27-17-7-5-6-16(21)14-17)19(24)15-18-8-9-20(28-18)29(25,26)23-10-3-2-4-11-23/h5-9,14H,2-4,10-13,15H2,1H3. The van der Waals surface area contributed by atoms with Crippen LogP contribution in [0.5, 0.6) is 5.75 Å². The summed E-state index contributed by atoms with van der Waals surface area (Å²) in [5.74, 6) is 0.577. The number of thiophene rings is 1. The molecular weight excluding hydrogens is 432 g/mol. The van der Waals surface area contributed by atoms with E-state index >= 15 is 0 Å². The van der Waals surface area contributed by atoms with E-state index < -0.39 is 10.0 Å². The van der Waals surface area contributed by atoms with Gasteiger partial charge in [-0.3, -0.25) is 4.79 Å². The van der Waals surface area contributed by atoms with Gasteiger partial charge >= 0.3 is 0 Å². The molecule has 6 nitrogen and oxygen atoms in total. The number of amides is 1. The summed E-state index contributed by atoms with van der Waals surface area (Å²) < 4.78 is 32.9. The highest BCUT2D eigenvalue weighted by Crippen LogP contribution is 2.27. The lowest BCUT2D eigenvalue weighted by Gasteiger charge is -2.25. The predicted octanol–water partition coefficient (Wildman–Crippen LogP) is 3.66. The molecule has 1 aromatic heterocycles. The van der Waals surface area contributed by atoms with Crippen molar-refractivity contribution in [2.24, 2.45) is 0 Å². The number of hydrogen-bond donors (Lipinski definition) is 0. The fourth-order valence-corrected chi connectivity index (χ4v) is 6.29. The van der Waals surface area contributed by atoms with Crippen molar-refractivity contribution in [3.63, 3.8) is 0 Å². The SMILES string of the molecule is CN(CCOc1cccc(Cl)c1)C(=O)Cc1ccc(S(=O)(=O)N2CCCCC2)s1. The van der Waals surface area contributed by atoms with Gasteiger partial charge in [-0.2, -0.15) is 4.31 Å². The van der Waals surface area contributed by atoms with E-state index in [1.807, 2.05) is 6.07 Å². The normalized spacial score (nSPS) is 15.2. The van der Waals surface area contributed by atoms with Crippen LogP contribution in [0.2, 0.25) is 5.02 Å². The number of carbonyl (C=O) groups is 1. The lowest BCUT2D eigenvalue weighted by Crippen LogP contribution is -2.35. The molecule has 1 amide bonds. The van der Waals surface area contributed by atoms with Crippen molar-refractivity contribution >= 4 is 38.9 Å². The average molecular weight is 457 g/mol. The Balaban J connectivity index is 1.51. The molecule has 9 heteroatoms. The summed E-state index contributed by atoms with van der Waals surface area (Å²) in [6, 6.07) is 10.4. The molecule has 3 rings (SSSR count). The molecule has 0 aliphatic carbocycles. The van der Waals surface area contributed by atoms with Crippen molar-refractivity contribution in [1.29, 1.82) is 0 Å². The third-order valence-electron chi connectivity index (χ3n) is 4.79. The van der Waals surface area contributed by atoms with Crippen LogP contribution in [0.25, 0.3) is 0 Å². The van der Waals surface area contributed by atoms with Crippen molar-refractivity contribution in [2.75, 3.05) is 33.3 Å². The Kier molecular flexibility index (Phi) is 7.56. The first kappa shape index (κ1) is 22.1. The molecular formula is C20H25ClN2O4S2. The smallest absolute Gasteiger partial charge is 0.252 e. The molecule has 1 aliphatic rings. The Hall–Kier alpha value is -1.61. The Morgan fingerprint density at radius 3 is 2.69 bits per heavy atom. The van der Waals surface area contributed by atoms with Crippen molar-refractivity contribution < 1.29 is 17.9 Å². The molecule has 1 fully saturated rings. The van der Waals surface area contributed by atoms with Gasteiger partial charge in [0.25, 0.3) is 10.0 Å². The van der Waals surface area contributed by atoms with Crippen LogP contribution in [0, 0.1) is 0 Å². The van der Waals surface area contributed by atoms with E-state index in [1.165, 1.54) is 11.3 Å². The van der Waals surface area contributed by atoms with Crippen molar-refractivity contribution in [1.82, 2.24) is 9.21 Å². The van der Waals surface area contributed by atoms with E-state index in [1.54, 1.807) is 46.6 Å². The Morgan fingerprint density at radius 2 is 1.97 bits per heavy atom. The summed E-state index contributed by atoms with van der Waals surface area (Å²) in [6.07, 6.45) is 3.05. The molecule has 1 aromatic carbocycles. The lowest BCUT2D eigenvalue weighted by atomic mass is 10.2. The minimum Gasteiger partial charge on any atom is -0.492 e. The minimum atomic E-state index is -3.45. The maximum atomic E-state index is 12.7. The largest absolute Gasteiger partial charge is 0.492 e. The number of hydrogen-bond acceptors (Lipinski definition) is 5. The highest BCUT2D eigenvalue weighted by Gasteiger charge is 2.27. The maximum absolute atomic E-state index is 12.7. The summed E-state index contributed by atoms with van der Waals surface area (Å²) in [4.78, 5) is 14.8. The highest BCUT2D eigenvalue weighted by molar-refractivity contribution is 7.91. The molecule has 0 saturated carbocycles. The molecule has 2 aromatic rings. The van der Waals surface area contributed by atoms with Crippen LogP contribution in [0.4, 0.5) is 0 Å². The first-order valence-electron chi connectivity index (χ1n) is 9.57. The summed E-state index contributed by atoms with van der Waals surface area (Å²) in [5.41, 5.74) is 0. The Morgan fingerprint density at radius 1 is 1.21 bits per heavy atom. The number of rotatable bonds is 8. The molecule has 158 valence electrons. The monoisotopic (exact) mass is 456 g/mol. The highest BCUT2D eigenvalue weighted by atomic mass is 35.5. The fourth-order valence-electron chi connectivity index (χ4n) is 3.09. The molecule has 0 bridgehead atoms. The van der Waals surface area contributed by atoms with E-state index in [4.69, 9.17) is 16.3 Å². The molecule has 1 aliphatic heterocycles. The van der Waals surface area contributed by atoms with Crippen molar-refractivity contribution in [3.05, 3.63) is 46.3 Å². The number of nitrogens with zero attached hydrogens (tertiary/aromatic N) is 2. The average Bonchev–Trinajstić information content (AvgIpc) is 3.18. The predicted molar refractivity (Wildman–Crippen MR) is 115 cm³/mol. The van der Waals surface area contributed by atoms with Gasteiger partial charge in [0, 0.05) is 30.0 Å². The third-order valence-corrected chi connectivity index (χ3v) is 8.48. The zero-order valence-corrected chi connectivity index (χ0v) is 18.7. The van der Waals surface area contributed by atoms with Crippen LogP contribution >= 0.6 is 22.9 Å². The van der Waals surface area contributed by atoms with E-state index in [2.05, 4.69) is 0 Å². The molecule has 0 spiro atoms. The second kappa shape index (κ2) is 9.93. The molecule has 1 saturated heterocycles. The van der Waals surface area contributed by atoms with Gasteiger partial charge in [0.2, 0.25) is 5.91 Å². The summed E-state index contributed by atoms with van der Waals surface area (Å²) in [6.45, 7) is 1.92. The van der Waals surface area contributed by atoms with Gasteiger partial charge in [-0.1, -0.05) is 24.1 Å². The maximum Gasteiger partial charge on any atom is 0.252 e. The topological polar surface area (TPSA) is 66.9 Å². The second-order valence-corrected chi connectivity index (χ2v) is 10.8. The van der Waals surface area contributed by atoms with Crippen LogP contribution in [0.3, 0.4) is 0 Å². The summed E-state index contributed by atoms with van der Waals surface area (Å²) >= 11 is 7.10. The van der Waals surface area contributed by atoms with Crippen molar-refractivity contribution in [2.45, 2.75) is 29.9 Å². The number of halogens is 1. The summed E-state index contributed by atoms with van der Waals surface area (Å²) in [5, 5.41) is 0.597. The van der Waals surface area contributed by atoms with Crippen LogP contribution in [-0.2, 0) is 21.2 Å². The molecule has 0 N–H and O–H groups in total. The quantitative estimate of drug-likeness (QED) is 0.608. The molecule has 0 radical (unpaired) electrons. The number of likely N-dealkylation sites (N-methyl/N-ethyl adjacent to an activating group) is 1. The summed E-state index contributed by atoms with van der Waals surface area (Å²) in [7, 11) is -1.74. The number of sulfonamides is 1. The van der Waals surface area contributed by atoms with E-state index in [0.717, 1.165) is 24.1 Å². The molecule has 2 heterocycles. The van der Waals surface area contributed by atoms with Gasteiger partial charge < -0.3 is 9.64 Å². The first-order valence-corrected chi connectivity index (χ1v) is 12.2. The third kappa shape index (κ3) is 5.94. The number of piperidine rings is 1. The van der Waals surface area contributed by atoms with Gasteiger partial charge in [-0.05, 0) is 43.2 Å². The van der Waals surface area contributed by atoms with Gasteiger partial charge in [0.15, 0.2) is 0 Å². The number of carbonyl (C=O) groups excluding carboxylic acids is 1. The van der Waals surface area contributed by atoms with Crippen LogP contribution in [0.15, 0.2) is 40.6 Å². The molecule has 0 atom stereocenters. The van der Waals surface area contributed by atoms with E-state index in [-0.39, 0.29) is 12.3 Å². The second-order valence-electron chi connectivity index (χ2n) is 6.98. The minimum absolute atomic E-state index is 0.0801. The van der Waals surface area contributed by atoms with Crippen LogP contribution in [0.1, 0.15) is 24.1 Å². The van der Waals surface area contributed by atoms with Crippen LogP contribution < -0.4 is 4.74 Å².